The number of nitrogens with two attached hydrogens (primary N) is 1. The zero-order chi connectivity index (χ0) is 13.1. The van der Waals surface area contributed by atoms with E-state index in [9.17, 15) is 4.79 Å². The summed E-state index contributed by atoms with van der Waals surface area (Å²) in [4.78, 5) is 12.0. The molecule has 0 heterocycles. The minimum absolute atomic E-state index is 0.206. The molecule has 0 unspecified atom stereocenters. The van der Waals surface area contributed by atoms with Crippen LogP contribution in [0.4, 0.5) is 11.4 Å². The van der Waals surface area contributed by atoms with Crippen molar-refractivity contribution in [2.75, 3.05) is 11.1 Å². The maximum atomic E-state index is 12.0. The normalized spacial score (nSPS) is 10.1. The average Bonchev–Trinajstić information content (AvgIpc) is 2.36. The largest absolute Gasteiger partial charge is 0.399 e. The number of nitrogens with one attached hydrogen (secondary N) is 1. The zero-order valence-corrected chi connectivity index (χ0v) is 10.7. The van der Waals surface area contributed by atoms with Gasteiger partial charge in [0.25, 0.3) is 5.91 Å². The first-order valence-corrected chi connectivity index (χ1v) is 5.88. The lowest BCUT2D eigenvalue weighted by molar-refractivity contribution is 0.102. The lowest BCUT2D eigenvalue weighted by Crippen LogP contribution is -2.12. The van der Waals surface area contributed by atoms with E-state index >= 15 is 0 Å². The predicted molar refractivity (Wildman–Crippen MR) is 75.0 cm³/mol. The van der Waals surface area contributed by atoms with Crippen molar-refractivity contribution in [3.05, 3.63) is 58.6 Å². The van der Waals surface area contributed by atoms with Gasteiger partial charge in [-0.15, -0.1) is 0 Å². The summed E-state index contributed by atoms with van der Waals surface area (Å²) < 4.78 is 0. The number of hydrogen-bond donors (Lipinski definition) is 2. The van der Waals surface area contributed by atoms with E-state index in [1.807, 2.05) is 19.1 Å². The Morgan fingerprint density at radius 2 is 1.83 bits per heavy atom. The van der Waals surface area contributed by atoms with Gasteiger partial charge in [-0.1, -0.05) is 23.7 Å². The third kappa shape index (κ3) is 2.63. The van der Waals surface area contributed by atoms with Crippen molar-refractivity contribution in [1.29, 1.82) is 0 Å². The number of carbonyl (C=O) groups is 1. The molecular formula is C14H13ClN2O. The molecule has 4 heteroatoms. The van der Waals surface area contributed by atoms with Gasteiger partial charge in [0.2, 0.25) is 0 Å². The van der Waals surface area contributed by atoms with Crippen LogP contribution in [0.25, 0.3) is 0 Å². The number of benzene rings is 2. The van der Waals surface area contributed by atoms with Crippen LogP contribution >= 0.6 is 11.6 Å². The van der Waals surface area contributed by atoms with Crippen LogP contribution in [0.15, 0.2) is 42.5 Å². The first-order chi connectivity index (χ1) is 8.58. The second-order valence-corrected chi connectivity index (χ2v) is 4.39. The van der Waals surface area contributed by atoms with Crippen LogP contribution < -0.4 is 11.1 Å². The first kappa shape index (κ1) is 12.5. The number of amides is 1. The molecule has 0 aliphatic carbocycles. The van der Waals surface area contributed by atoms with E-state index in [1.165, 1.54) is 0 Å². The molecule has 0 bridgehead atoms. The summed E-state index contributed by atoms with van der Waals surface area (Å²) in [7, 11) is 0. The van der Waals surface area contributed by atoms with Crippen molar-refractivity contribution in [2.24, 2.45) is 0 Å². The van der Waals surface area contributed by atoms with Gasteiger partial charge in [0, 0.05) is 11.3 Å². The second-order valence-electron chi connectivity index (χ2n) is 4.01. The van der Waals surface area contributed by atoms with E-state index in [1.54, 1.807) is 30.3 Å². The van der Waals surface area contributed by atoms with E-state index in [2.05, 4.69) is 5.32 Å². The molecule has 0 atom stereocenters. The highest BCUT2D eigenvalue weighted by molar-refractivity contribution is 6.34. The summed E-state index contributed by atoms with van der Waals surface area (Å²) in [6.45, 7) is 1.89. The van der Waals surface area contributed by atoms with Crippen molar-refractivity contribution >= 4 is 28.9 Å². The molecule has 2 aromatic rings. The lowest BCUT2D eigenvalue weighted by atomic mass is 10.1. The Labute approximate surface area is 111 Å². The molecule has 0 fully saturated rings. The average molecular weight is 261 g/mol. The van der Waals surface area contributed by atoms with Gasteiger partial charge < -0.3 is 11.1 Å². The monoisotopic (exact) mass is 260 g/mol. The Bertz CT molecular complexity index is 579. The van der Waals surface area contributed by atoms with Crippen LogP contribution in [0.5, 0.6) is 0 Å². The SMILES string of the molecule is Cc1cccc(NC(=O)c2ccc(N)cc2)c1Cl. The van der Waals surface area contributed by atoms with Crippen LogP contribution in [0.3, 0.4) is 0 Å². The van der Waals surface area contributed by atoms with E-state index in [4.69, 9.17) is 17.3 Å². The fourth-order valence-corrected chi connectivity index (χ4v) is 1.75. The standard InChI is InChI=1S/C14H13ClN2O/c1-9-3-2-4-12(13(9)15)17-14(18)10-5-7-11(16)8-6-10/h2-8H,16H2,1H3,(H,17,18). The van der Waals surface area contributed by atoms with Gasteiger partial charge in [-0.3, -0.25) is 4.79 Å². The Balaban J connectivity index is 2.21. The number of halogens is 1. The van der Waals surface area contributed by atoms with E-state index < -0.39 is 0 Å². The summed E-state index contributed by atoms with van der Waals surface area (Å²) in [6, 6.07) is 12.2. The van der Waals surface area contributed by atoms with Crippen molar-refractivity contribution in [3.8, 4) is 0 Å². The number of nitrogen functional groups attached to an aromatic ring is 1. The van der Waals surface area contributed by atoms with E-state index in [0.717, 1.165) is 5.56 Å². The molecular weight excluding hydrogens is 248 g/mol. The van der Waals surface area contributed by atoms with Crippen LogP contribution in [0.1, 0.15) is 15.9 Å². The van der Waals surface area contributed by atoms with Crippen molar-refractivity contribution < 1.29 is 4.79 Å². The Morgan fingerprint density at radius 1 is 1.17 bits per heavy atom. The maximum Gasteiger partial charge on any atom is 0.255 e. The quantitative estimate of drug-likeness (QED) is 0.812. The molecule has 2 aromatic carbocycles. The molecule has 1 amide bonds. The lowest BCUT2D eigenvalue weighted by Gasteiger charge is -2.09. The maximum absolute atomic E-state index is 12.0. The molecule has 0 saturated heterocycles. The Hall–Kier alpha value is -2.00. The Kier molecular flexibility index (Phi) is 3.53. The van der Waals surface area contributed by atoms with Crippen LogP contribution in [0, 0.1) is 6.92 Å². The molecule has 0 saturated carbocycles. The fourth-order valence-electron chi connectivity index (χ4n) is 1.57. The van der Waals surface area contributed by atoms with Crippen LogP contribution in [0.2, 0.25) is 5.02 Å². The van der Waals surface area contributed by atoms with Gasteiger partial charge in [-0.2, -0.15) is 0 Å². The predicted octanol–water partition coefficient (Wildman–Crippen LogP) is 3.48. The number of aryl methyl sites for hydroxylation is 1. The van der Waals surface area contributed by atoms with E-state index in [-0.39, 0.29) is 5.91 Å². The van der Waals surface area contributed by atoms with Gasteiger partial charge >= 0.3 is 0 Å². The van der Waals surface area contributed by atoms with Crippen LogP contribution in [-0.2, 0) is 0 Å². The molecule has 0 radical (unpaired) electrons. The smallest absolute Gasteiger partial charge is 0.255 e. The molecule has 3 nitrogen and oxygen atoms in total. The number of anilines is 2. The minimum atomic E-state index is -0.206. The summed E-state index contributed by atoms with van der Waals surface area (Å²) in [5.74, 6) is -0.206. The topological polar surface area (TPSA) is 55.1 Å². The third-order valence-corrected chi connectivity index (χ3v) is 3.11. The number of hydrogen-bond acceptors (Lipinski definition) is 2. The highest BCUT2D eigenvalue weighted by atomic mass is 35.5. The minimum Gasteiger partial charge on any atom is -0.399 e. The molecule has 0 aromatic heterocycles. The molecule has 0 aliphatic heterocycles. The number of rotatable bonds is 2. The summed E-state index contributed by atoms with van der Waals surface area (Å²) in [5, 5.41) is 3.33. The zero-order valence-electron chi connectivity index (χ0n) is 9.91. The molecule has 0 spiro atoms. The molecule has 2 rings (SSSR count). The second kappa shape index (κ2) is 5.10. The van der Waals surface area contributed by atoms with Gasteiger partial charge in [-0.05, 0) is 42.8 Å². The van der Waals surface area contributed by atoms with Gasteiger partial charge in [0.05, 0.1) is 10.7 Å². The van der Waals surface area contributed by atoms with Gasteiger partial charge in [0.1, 0.15) is 0 Å². The first-order valence-electron chi connectivity index (χ1n) is 5.50. The highest BCUT2D eigenvalue weighted by Crippen LogP contribution is 2.25. The Morgan fingerprint density at radius 3 is 2.50 bits per heavy atom. The summed E-state index contributed by atoms with van der Waals surface area (Å²) in [5.41, 5.74) is 8.27. The number of carbonyl (C=O) groups excluding carboxylic acids is 1. The van der Waals surface area contributed by atoms with Gasteiger partial charge in [0.15, 0.2) is 0 Å². The third-order valence-electron chi connectivity index (χ3n) is 2.61. The van der Waals surface area contributed by atoms with Crippen LogP contribution in [-0.4, -0.2) is 5.91 Å². The molecule has 92 valence electrons. The van der Waals surface area contributed by atoms with Crippen molar-refractivity contribution in [3.63, 3.8) is 0 Å². The fraction of sp³-hybridized carbons (Fsp3) is 0.0714. The molecule has 18 heavy (non-hydrogen) atoms. The summed E-state index contributed by atoms with van der Waals surface area (Å²) >= 11 is 6.12. The summed E-state index contributed by atoms with van der Waals surface area (Å²) in [6.07, 6.45) is 0. The highest BCUT2D eigenvalue weighted by Gasteiger charge is 2.09. The van der Waals surface area contributed by atoms with E-state index in [0.29, 0.717) is 22.0 Å². The molecule has 0 aliphatic rings. The van der Waals surface area contributed by atoms with Crippen molar-refractivity contribution in [1.82, 2.24) is 0 Å². The van der Waals surface area contributed by atoms with Crippen molar-refractivity contribution in [2.45, 2.75) is 6.92 Å². The molecule has 3 N–H and O–H groups in total. The van der Waals surface area contributed by atoms with Gasteiger partial charge in [-0.25, -0.2) is 0 Å².